The summed E-state index contributed by atoms with van der Waals surface area (Å²) in [5, 5.41) is 4.15. The number of thiazole rings is 1. The summed E-state index contributed by atoms with van der Waals surface area (Å²) in [7, 11) is -0.935. The first-order valence-corrected chi connectivity index (χ1v) is 9.66. The zero-order chi connectivity index (χ0) is 14.8. The van der Waals surface area contributed by atoms with Crippen LogP contribution in [0.5, 0.6) is 0 Å². The number of hydrogen-bond acceptors (Lipinski definition) is 6. The monoisotopic (exact) mass is 317 g/mol. The lowest BCUT2D eigenvalue weighted by Gasteiger charge is -2.18. The average Bonchev–Trinajstić information content (AvgIpc) is 2.69. The van der Waals surface area contributed by atoms with Crippen LogP contribution in [0.3, 0.4) is 0 Å². The van der Waals surface area contributed by atoms with E-state index in [-0.39, 0.29) is 5.75 Å². The molecule has 1 aromatic rings. The number of anilines is 1. The topological polar surface area (TPSA) is 62.3 Å². The van der Waals surface area contributed by atoms with E-state index in [0.29, 0.717) is 24.6 Å². The molecule has 7 heteroatoms. The van der Waals surface area contributed by atoms with Crippen molar-refractivity contribution < 1.29 is 8.42 Å². The Kier molecular flexibility index (Phi) is 5.04. The summed E-state index contributed by atoms with van der Waals surface area (Å²) >= 11 is 1.69. The lowest BCUT2D eigenvalue weighted by Crippen LogP contribution is -2.26. The van der Waals surface area contributed by atoms with Crippen molar-refractivity contribution in [1.82, 2.24) is 10.3 Å². The van der Waals surface area contributed by atoms with Gasteiger partial charge in [0.05, 0.1) is 17.2 Å². The molecule has 114 valence electrons. The summed E-state index contributed by atoms with van der Waals surface area (Å²) in [6, 6.07) is 0. The summed E-state index contributed by atoms with van der Waals surface area (Å²) in [4.78, 5) is 8.13. The number of sulfone groups is 1. The fourth-order valence-electron chi connectivity index (χ4n) is 2.35. The molecule has 1 aromatic heterocycles. The molecule has 0 spiro atoms. The Labute approximate surface area is 125 Å². The second kappa shape index (κ2) is 6.41. The van der Waals surface area contributed by atoms with E-state index in [2.05, 4.69) is 24.1 Å². The van der Waals surface area contributed by atoms with E-state index in [0.717, 1.165) is 23.9 Å². The summed E-state index contributed by atoms with van der Waals surface area (Å²) in [6.45, 7) is 6.45. The molecule has 20 heavy (non-hydrogen) atoms. The molecule has 0 aliphatic carbocycles. The molecular formula is C13H23N3O2S2. The first-order valence-electron chi connectivity index (χ1n) is 7.02. The van der Waals surface area contributed by atoms with E-state index in [4.69, 9.17) is 4.98 Å². The van der Waals surface area contributed by atoms with Crippen LogP contribution >= 0.6 is 11.3 Å². The quantitative estimate of drug-likeness (QED) is 0.914. The molecule has 0 radical (unpaired) electrons. The highest BCUT2D eigenvalue weighted by molar-refractivity contribution is 7.91. The van der Waals surface area contributed by atoms with Gasteiger partial charge >= 0.3 is 0 Å². The Morgan fingerprint density at radius 1 is 1.35 bits per heavy atom. The molecule has 0 saturated carbocycles. The van der Waals surface area contributed by atoms with Gasteiger partial charge in [-0.2, -0.15) is 0 Å². The van der Waals surface area contributed by atoms with Gasteiger partial charge in [-0.15, -0.1) is 11.3 Å². The molecule has 0 unspecified atom stereocenters. The number of aromatic nitrogens is 1. The van der Waals surface area contributed by atoms with Gasteiger partial charge in [0.15, 0.2) is 15.0 Å². The van der Waals surface area contributed by atoms with Crippen LogP contribution in [0.1, 0.15) is 36.8 Å². The second-order valence-electron chi connectivity index (χ2n) is 5.48. The van der Waals surface area contributed by atoms with Crippen LogP contribution in [0, 0.1) is 0 Å². The highest BCUT2D eigenvalue weighted by Crippen LogP contribution is 2.31. The zero-order valence-corrected chi connectivity index (χ0v) is 14.0. The molecule has 1 aliphatic rings. The Bertz CT molecular complexity index is 552. The van der Waals surface area contributed by atoms with Gasteiger partial charge in [0, 0.05) is 24.5 Å². The van der Waals surface area contributed by atoms with E-state index < -0.39 is 9.84 Å². The van der Waals surface area contributed by atoms with Crippen molar-refractivity contribution in [3.05, 3.63) is 10.6 Å². The van der Waals surface area contributed by atoms with Gasteiger partial charge in [-0.1, -0.05) is 13.8 Å². The van der Waals surface area contributed by atoms with Crippen molar-refractivity contribution in [3.8, 4) is 0 Å². The predicted molar refractivity (Wildman–Crippen MR) is 84.5 cm³/mol. The minimum absolute atomic E-state index is 0.241. The Morgan fingerprint density at radius 3 is 2.75 bits per heavy atom. The van der Waals surface area contributed by atoms with E-state index in [1.807, 2.05) is 7.05 Å². The smallest absolute Gasteiger partial charge is 0.185 e. The van der Waals surface area contributed by atoms with Gasteiger partial charge in [0.2, 0.25) is 0 Å². The zero-order valence-electron chi connectivity index (χ0n) is 12.3. The predicted octanol–water partition coefficient (Wildman–Crippen LogP) is 1.61. The van der Waals surface area contributed by atoms with Crippen molar-refractivity contribution in [2.75, 3.05) is 36.5 Å². The third kappa shape index (κ3) is 3.71. The summed E-state index contributed by atoms with van der Waals surface area (Å²) in [5.74, 6) is 0.930. The number of hydrogen-bond donors (Lipinski definition) is 1. The normalized spacial score (nSPS) is 19.3. The highest BCUT2D eigenvalue weighted by Gasteiger charge is 2.23. The van der Waals surface area contributed by atoms with Crippen molar-refractivity contribution >= 4 is 26.3 Å². The fourth-order valence-corrected chi connectivity index (χ4v) is 4.90. The van der Waals surface area contributed by atoms with Crippen molar-refractivity contribution in [1.29, 1.82) is 0 Å². The van der Waals surface area contributed by atoms with Crippen molar-refractivity contribution in [2.24, 2.45) is 0 Å². The lowest BCUT2D eigenvalue weighted by atomic mass is 10.1. The van der Waals surface area contributed by atoms with Crippen LogP contribution in [0.15, 0.2) is 0 Å². The molecule has 1 N–H and O–H groups in total. The van der Waals surface area contributed by atoms with Gasteiger partial charge in [-0.05, 0) is 19.4 Å². The first-order chi connectivity index (χ1) is 9.43. The SMILES string of the molecule is CNCc1sc(N2CCCS(=O)(=O)CC2)nc1C(C)C. The van der Waals surface area contributed by atoms with E-state index in [1.54, 1.807) is 11.3 Å². The van der Waals surface area contributed by atoms with Crippen LogP contribution < -0.4 is 10.2 Å². The lowest BCUT2D eigenvalue weighted by molar-refractivity contribution is 0.597. The molecular weight excluding hydrogens is 294 g/mol. The number of nitrogens with one attached hydrogen (secondary N) is 1. The first kappa shape index (κ1) is 15.7. The molecule has 0 bridgehead atoms. The molecule has 1 aliphatic heterocycles. The van der Waals surface area contributed by atoms with Crippen LogP contribution in [0.25, 0.3) is 0 Å². The summed E-state index contributed by atoms with van der Waals surface area (Å²) < 4.78 is 23.4. The van der Waals surface area contributed by atoms with Gasteiger partial charge in [-0.25, -0.2) is 13.4 Å². The third-order valence-electron chi connectivity index (χ3n) is 3.43. The average molecular weight is 317 g/mol. The Morgan fingerprint density at radius 2 is 2.10 bits per heavy atom. The fraction of sp³-hybridized carbons (Fsp3) is 0.769. The molecule has 1 saturated heterocycles. The second-order valence-corrected chi connectivity index (χ2v) is 8.85. The maximum Gasteiger partial charge on any atom is 0.185 e. The minimum Gasteiger partial charge on any atom is -0.347 e. The molecule has 0 aromatic carbocycles. The summed E-state index contributed by atoms with van der Waals surface area (Å²) in [5.41, 5.74) is 1.13. The van der Waals surface area contributed by atoms with Gasteiger partial charge in [-0.3, -0.25) is 0 Å². The number of nitrogens with zero attached hydrogens (tertiary/aromatic N) is 2. The van der Waals surface area contributed by atoms with Crippen molar-refractivity contribution in [2.45, 2.75) is 32.7 Å². The Balaban J connectivity index is 2.22. The molecule has 1 fully saturated rings. The molecule has 2 heterocycles. The largest absolute Gasteiger partial charge is 0.347 e. The summed E-state index contributed by atoms with van der Waals surface area (Å²) in [6.07, 6.45) is 0.695. The maximum atomic E-state index is 11.7. The van der Waals surface area contributed by atoms with Crippen LogP contribution in [0.2, 0.25) is 0 Å². The van der Waals surface area contributed by atoms with Gasteiger partial charge in [0.25, 0.3) is 0 Å². The molecule has 0 atom stereocenters. The Hall–Kier alpha value is -0.660. The van der Waals surface area contributed by atoms with Crippen molar-refractivity contribution in [3.63, 3.8) is 0 Å². The van der Waals surface area contributed by atoms with E-state index in [1.165, 1.54) is 4.88 Å². The van der Waals surface area contributed by atoms with E-state index in [9.17, 15) is 8.42 Å². The minimum atomic E-state index is -2.87. The molecule has 0 amide bonds. The standard InChI is InChI=1S/C13H23N3O2S2/c1-10(2)12-11(9-14-3)19-13(15-12)16-5-4-7-20(17,18)8-6-16/h10,14H,4-9H2,1-3H3. The van der Waals surface area contributed by atoms with E-state index >= 15 is 0 Å². The molecule has 2 rings (SSSR count). The maximum absolute atomic E-state index is 11.7. The van der Waals surface area contributed by atoms with Gasteiger partial charge < -0.3 is 10.2 Å². The van der Waals surface area contributed by atoms with Gasteiger partial charge in [0.1, 0.15) is 0 Å². The highest BCUT2D eigenvalue weighted by atomic mass is 32.2. The van der Waals surface area contributed by atoms with Crippen LogP contribution in [0.4, 0.5) is 5.13 Å². The number of rotatable bonds is 4. The van der Waals surface area contributed by atoms with Crippen LogP contribution in [-0.4, -0.2) is 45.0 Å². The third-order valence-corrected chi connectivity index (χ3v) is 6.27. The molecule has 5 nitrogen and oxygen atoms in total. The van der Waals surface area contributed by atoms with Crippen LogP contribution in [-0.2, 0) is 16.4 Å².